The Hall–Kier alpha value is -2.53. The van der Waals surface area contributed by atoms with Crippen molar-refractivity contribution < 1.29 is 9.59 Å². The number of carbonyl (C=O) groups is 2. The molecule has 7 heteroatoms. The van der Waals surface area contributed by atoms with Gasteiger partial charge >= 0.3 is 0 Å². The molecule has 1 aromatic rings. The van der Waals surface area contributed by atoms with Crippen LogP contribution in [-0.4, -0.2) is 29.3 Å². The third-order valence-corrected chi connectivity index (χ3v) is 3.75. The first-order chi connectivity index (χ1) is 10.1. The van der Waals surface area contributed by atoms with Gasteiger partial charge in [0, 0.05) is 29.5 Å². The van der Waals surface area contributed by atoms with Crippen molar-refractivity contribution in [3.63, 3.8) is 0 Å². The van der Waals surface area contributed by atoms with Gasteiger partial charge in [-0.15, -0.1) is 0 Å². The van der Waals surface area contributed by atoms with Crippen LogP contribution in [0.5, 0.6) is 0 Å². The Balaban J connectivity index is 2.21. The second-order valence-electron chi connectivity index (χ2n) is 5.06. The predicted octanol–water partition coefficient (Wildman–Crippen LogP) is 2.21. The lowest BCUT2D eigenvalue weighted by molar-refractivity contribution is -0.136. The first kappa shape index (κ1) is 14.9. The fraction of sp³-hybridized carbons (Fsp3) is 0.429. The van der Waals surface area contributed by atoms with Crippen LogP contribution in [0.2, 0.25) is 0 Å². The predicted molar refractivity (Wildman–Crippen MR) is 77.6 cm³/mol. The highest BCUT2D eigenvalue weighted by molar-refractivity contribution is 5.88. The molecule has 1 aliphatic rings. The number of likely N-dealkylation sites (tertiary alicyclic amines) is 1. The van der Waals surface area contributed by atoms with E-state index in [9.17, 15) is 9.59 Å². The average molecular weight is 287 g/mol. The van der Waals surface area contributed by atoms with Gasteiger partial charge in [0.2, 0.25) is 11.8 Å². The van der Waals surface area contributed by atoms with Gasteiger partial charge in [0.05, 0.1) is 0 Å². The van der Waals surface area contributed by atoms with Gasteiger partial charge in [-0.2, -0.15) is 0 Å². The van der Waals surface area contributed by atoms with E-state index in [1.807, 2.05) is 13.0 Å². The lowest BCUT2D eigenvalue weighted by Crippen LogP contribution is -2.45. The van der Waals surface area contributed by atoms with Crippen LogP contribution in [0.25, 0.3) is 10.4 Å². The molecule has 1 unspecified atom stereocenters. The number of hydrogen-bond donors (Lipinski definition) is 1. The molecule has 1 fully saturated rings. The summed E-state index contributed by atoms with van der Waals surface area (Å²) in [6.45, 7) is 2.29. The van der Waals surface area contributed by atoms with Crippen molar-refractivity contribution in [2.24, 2.45) is 10.8 Å². The Bertz CT molecular complexity index is 609. The van der Waals surface area contributed by atoms with Gasteiger partial charge in [-0.1, -0.05) is 30.2 Å². The van der Waals surface area contributed by atoms with Crippen LogP contribution in [0.4, 0.5) is 5.69 Å². The molecule has 0 spiro atoms. The number of primary amides is 1. The zero-order valence-corrected chi connectivity index (χ0v) is 11.8. The molecular weight excluding hydrogens is 270 g/mol. The number of hydrogen-bond acceptors (Lipinski definition) is 3. The van der Waals surface area contributed by atoms with Gasteiger partial charge < -0.3 is 10.6 Å². The molecule has 2 amide bonds. The summed E-state index contributed by atoms with van der Waals surface area (Å²) in [6, 6.07) is 6.60. The van der Waals surface area contributed by atoms with Crippen LogP contribution >= 0.6 is 0 Å². The fourth-order valence-electron chi connectivity index (χ4n) is 2.72. The van der Waals surface area contributed by atoms with E-state index in [0.717, 1.165) is 5.56 Å². The second kappa shape index (κ2) is 6.28. The Labute approximate surface area is 122 Å². The molecule has 2 atom stereocenters. The Morgan fingerprint density at radius 2 is 2.38 bits per heavy atom. The molecule has 2 rings (SSSR count). The molecule has 1 heterocycles. The lowest BCUT2D eigenvalue weighted by atomic mass is 9.98. The van der Waals surface area contributed by atoms with E-state index in [1.54, 1.807) is 23.1 Å². The largest absolute Gasteiger partial charge is 0.368 e. The maximum atomic E-state index is 12.1. The van der Waals surface area contributed by atoms with Crippen LogP contribution in [0.3, 0.4) is 0 Å². The molecule has 1 aromatic carbocycles. The number of carbonyl (C=O) groups excluding carboxylic acids is 2. The molecule has 1 saturated heterocycles. The number of nitrogens with zero attached hydrogens (tertiary/aromatic N) is 4. The molecule has 0 saturated carbocycles. The summed E-state index contributed by atoms with van der Waals surface area (Å²) in [5.74, 6) is -0.561. The standard InChI is InChI=1S/C14H17N5O2/c1-2-12(14(15)21)19-8-10(7-13(19)20)9-4-3-5-11(6-9)17-18-16/h3-6,10,12H,2,7-8H2,1H3,(H2,15,21)/t10?,12-/m0/s1. The van der Waals surface area contributed by atoms with Gasteiger partial charge in [0.25, 0.3) is 0 Å². The van der Waals surface area contributed by atoms with E-state index in [1.165, 1.54) is 0 Å². The first-order valence-electron chi connectivity index (χ1n) is 6.80. The zero-order valence-electron chi connectivity index (χ0n) is 11.8. The number of nitrogens with two attached hydrogens (primary N) is 1. The molecule has 21 heavy (non-hydrogen) atoms. The molecule has 1 aliphatic heterocycles. The Morgan fingerprint density at radius 3 is 3.00 bits per heavy atom. The van der Waals surface area contributed by atoms with Crippen molar-refractivity contribution in [3.05, 3.63) is 40.3 Å². The summed E-state index contributed by atoms with van der Waals surface area (Å²) < 4.78 is 0. The van der Waals surface area contributed by atoms with Crippen molar-refractivity contribution in [1.29, 1.82) is 0 Å². The summed E-state index contributed by atoms with van der Waals surface area (Å²) in [7, 11) is 0. The van der Waals surface area contributed by atoms with Crippen LogP contribution in [0, 0.1) is 0 Å². The van der Waals surface area contributed by atoms with Gasteiger partial charge in [-0.3, -0.25) is 9.59 Å². The van der Waals surface area contributed by atoms with Gasteiger partial charge in [-0.25, -0.2) is 0 Å². The van der Waals surface area contributed by atoms with Crippen molar-refractivity contribution in [2.75, 3.05) is 6.54 Å². The van der Waals surface area contributed by atoms with Crippen LogP contribution in [0.15, 0.2) is 29.4 Å². The van der Waals surface area contributed by atoms with Crippen LogP contribution in [0.1, 0.15) is 31.2 Å². The topological polar surface area (TPSA) is 112 Å². The number of azide groups is 1. The highest BCUT2D eigenvalue weighted by atomic mass is 16.2. The molecular formula is C14H17N5O2. The SMILES string of the molecule is CC[C@@H](C(N)=O)N1CC(c2cccc(N=[N+]=[N-])c2)CC1=O. The van der Waals surface area contributed by atoms with E-state index in [-0.39, 0.29) is 11.8 Å². The minimum absolute atomic E-state index is 0.0141. The van der Waals surface area contributed by atoms with Crippen molar-refractivity contribution >= 4 is 17.5 Å². The normalized spacial score (nSPS) is 19.2. The van der Waals surface area contributed by atoms with Gasteiger partial charge in [0.15, 0.2) is 0 Å². The fourth-order valence-corrected chi connectivity index (χ4v) is 2.72. The molecule has 7 nitrogen and oxygen atoms in total. The van der Waals surface area contributed by atoms with Crippen molar-refractivity contribution in [3.8, 4) is 0 Å². The minimum Gasteiger partial charge on any atom is -0.368 e. The van der Waals surface area contributed by atoms with Crippen LogP contribution in [-0.2, 0) is 9.59 Å². The van der Waals surface area contributed by atoms with E-state index >= 15 is 0 Å². The summed E-state index contributed by atoms with van der Waals surface area (Å²) in [4.78, 5) is 27.8. The quantitative estimate of drug-likeness (QED) is 0.508. The second-order valence-corrected chi connectivity index (χ2v) is 5.06. The van der Waals surface area contributed by atoms with Crippen molar-refractivity contribution in [1.82, 2.24) is 4.90 Å². The molecule has 110 valence electrons. The van der Waals surface area contributed by atoms with E-state index in [0.29, 0.717) is 25.1 Å². The van der Waals surface area contributed by atoms with E-state index in [4.69, 9.17) is 11.3 Å². The Kier molecular flexibility index (Phi) is 4.45. The van der Waals surface area contributed by atoms with Gasteiger partial charge in [-0.05, 0) is 23.6 Å². The average Bonchev–Trinajstić information content (AvgIpc) is 2.82. The summed E-state index contributed by atoms with van der Waals surface area (Å²) in [5.41, 5.74) is 15.3. The minimum atomic E-state index is -0.553. The highest BCUT2D eigenvalue weighted by Gasteiger charge is 2.36. The Morgan fingerprint density at radius 1 is 1.62 bits per heavy atom. The maximum absolute atomic E-state index is 12.1. The molecule has 0 radical (unpaired) electrons. The van der Waals surface area contributed by atoms with E-state index in [2.05, 4.69) is 10.0 Å². The summed E-state index contributed by atoms with van der Waals surface area (Å²) in [6.07, 6.45) is 0.843. The molecule has 2 N–H and O–H groups in total. The zero-order chi connectivity index (χ0) is 15.4. The number of rotatable bonds is 5. The molecule has 0 bridgehead atoms. The maximum Gasteiger partial charge on any atom is 0.240 e. The highest BCUT2D eigenvalue weighted by Crippen LogP contribution is 2.31. The molecule has 0 aliphatic carbocycles. The number of benzene rings is 1. The third-order valence-electron chi connectivity index (χ3n) is 3.75. The van der Waals surface area contributed by atoms with Crippen molar-refractivity contribution in [2.45, 2.75) is 31.7 Å². The summed E-state index contributed by atoms with van der Waals surface area (Å²) in [5, 5.41) is 3.56. The smallest absolute Gasteiger partial charge is 0.240 e. The monoisotopic (exact) mass is 287 g/mol. The van der Waals surface area contributed by atoms with E-state index < -0.39 is 11.9 Å². The lowest BCUT2D eigenvalue weighted by Gasteiger charge is -2.24. The molecule has 0 aromatic heterocycles. The summed E-state index contributed by atoms with van der Waals surface area (Å²) >= 11 is 0. The first-order valence-corrected chi connectivity index (χ1v) is 6.80. The number of amides is 2. The third kappa shape index (κ3) is 3.14. The van der Waals surface area contributed by atoms with Gasteiger partial charge in [0.1, 0.15) is 6.04 Å². The van der Waals surface area contributed by atoms with Crippen LogP contribution < -0.4 is 5.73 Å².